The zero-order valence-electron chi connectivity index (χ0n) is 16.4. The zero-order chi connectivity index (χ0) is 20.8. The number of aromatic nitrogens is 2. The van der Waals surface area contributed by atoms with Gasteiger partial charge in [-0.25, -0.2) is 4.79 Å². The fourth-order valence-electron chi connectivity index (χ4n) is 3.20. The second kappa shape index (κ2) is 9.16. The van der Waals surface area contributed by atoms with E-state index in [2.05, 4.69) is 14.7 Å². The normalized spacial score (nSPS) is 10.6. The Morgan fingerprint density at radius 1 is 1.11 bits per heavy atom. The Kier molecular flexibility index (Phi) is 6.92. The molecule has 2 aromatic heterocycles. The first-order valence-electron chi connectivity index (χ1n) is 8.91. The summed E-state index contributed by atoms with van der Waals surface area (Å²) >= 11 is 0. The Bertz CT molecular complexity index is 906. The van der Waals surface area contributed by atoms with E-state index >= 15 is 0 Å². The molecule has 0 aliphatic rings. The molecular formula is C20H24N2O6. The molecule has 0 unspecified atom stereocenters. The molecule has 8 heteroatoms. The molecule has 0 atom stereocenters. The van der Waals surface area contributed by atoms with Crippen LogP contribution in [0.15, 0.2) is 6.07 Å². The fourth-order valence-corrected chi connectivity index (χ4v) is 3.20. The summed E-state index contributed by atoms with van der Waals surface area (Å²) in [5.74, 6) is -1.53. The average molecular weight is 388 g/mol. The summed E-state index contributed by atoms with van der Waals surface area (Å²) in [5, 5.41) is 0. The van der Waals surface area contributed by atoms with Crippen LogP contribution in [0.25, 0.3) is 0 Å². The first-order valence-corrected chi connectivity index (χ1v) is 8.91. The molecule has 0 radical (unpaired) electrons. The molecule has 0 aliphatic heterocycles. The van der Waals surface area contributed by atoms with Crippen LogP contribution in [-0.2, 0) is 27.1 Å². The number of nitrogens with one attached hydrogen (secondary N) is 2. The summed E-state index contributed by atoms with van der Waals surface area (Å²) in [6.07, 6.45) is 1.72. The summed E-state index contributed by atoms with van der Waals surface area (Å²) in [6.45, 7) is 3.86. The van der Waals surface area contributed by atoms with Gasteiger partial charge in [-0.2, -0.15) is 0 Å². The van der Waals surface area contributed by atoms with Crippen molar-refractivity contribution in [2.75, 3.05) is 14.2 Å². The Hall–Kier alpha value is -3.16. The lowest BCUT2D eigenvalue weighted by Gasteiger charge is -2.02. The third-order valence-corrected chi connectivity index (χ3v) is 4.69. The molecule has 0 bridgehead atoms. The number of H-pyrrole nitrogens is 2. The molecule has 0 fully saturated rings. The number of esters is 2. The van der Waals surface area contributed by atoms with Crippen LogP contribution in [0, 0.1) is 6.92 Å². The predicted octanol–water partition coefficient (Wildman–Crippen LogP) is 2.54. The number of aromatic amines is 2. The highest BCUT2D eigenvalue weighted by Crippen LogP contribution is 2.23. The van der Waals surface area contributed by atoms with Crippen molar-refractivity contribution in [3.8, 4) is 0 Å². The Morgan fingerprint density at radius 3 is 2.39 bits per heavy atom. The highest BCUT2D eigenvalue weighted by atomic mass is 16.5. The number of hydrogen-bond acceptors (Lipinski definition) is 6. The van der Waals surface area contributed by atoms with Crippen molar-refractivity contribution in [3.05, 3.63) is 45.5 Å². The van der Waals surface area contributed by atoms with E-state index in [4.69, 9.17) is 4.74 Å². The number of methoxy groups -OCH3 is 2. The molecule has 0 saturated carbocycles. The van der Waals surface area contributed by atoms with Crippen molar-refractivity contribution in [2.45, 2.75) is 39.5 Å². The topological polar surface area (TPSA) is 118 Å². The Labute approximate surface area is 162 Å². The van der Waals surface area contributed by atoms with Crippen LogP contribution in [0.1, 0.15) is 73.6 Å². The fraction of sp³-hybridized carbons (Fsp3) is 0.400. The van der Waals surface area contributed by atoms with Crippen molar-refractivity contribution >= 4 is 24.0 Å². The van der Waals surface area contributed by atoms with Gasteiger partial charge in [0.15, 0.2) is 12.1 Å². The maximum atomic E-state index is 12.5. The van der Waals surface area contributed by atoms with Gasteiger partial charge in [0, 0.05) is 24.2 Å². The summed E-state index contributed by atoms with van der Waals surface area (Å²) in [5.41, 5.74) is 4.10. The van der Waals surface area contributed by atoms with E-state index in [1.807, 2.05) is 13.8 Å². The summed E-state index contributed by atoms with van der Waals surface area (Å²) in [6, 6.07) is 1.56. The van der Waals surface area contributed by atoms with Crippen molar-refractivity contribution in [1.82, 2.24) is 9.97 Å². The third-order valence-electron chi connectivity index (χ3n) is 4.69. The lowest BCUT2D eigenvalue weighted by Crippen LogP contribution is -2.11. The number of carbonyl (C=O) groups excluding carboxylic acids is 4. The first kappa shape index (κ1) is 21.1. The molecule has 0 saturated heterocycles. The molecule has 2 aromatic rings. The van der Waals surface area contributed by atoms with Gasteiger partial charge < -0.3 is 19.4 Å². The van der Waals surface area contributed by atoms with Gasteiger partial charge in [0.05, 0.1) is 37.6 Å². The van der Waals surface area contributed by atoms with Crippen LogP contribution in [0.4, 0.5) is 0 Å². The molecule has 2 N–H and O–H groups in total. The Morgan fingerprint density at radius 2 is 1.82 bits per heavy atom. The maximum Gasteiger partial charge on any atom is 0.340 e. The monoisotopic (exact) mass is 388 g/mol. The number of carbonyl (C=O) groups is 4. The summed E-state index contributed by atoms with van der Waals surface area (Å²) in [7, 11) is 2.48. The third kappa shape index (κ3) is 4.39. The quantitative estimate of drug-likeness (QED) is 0.387. The second-order valence-corrected chi connectivity index (χ2v) is 6.34. The molecule has 28 heavy (non-hydrogen) atoms. The van der Waals surface area contributed by atoms with Crippen LogP contribution in [0.2, 0.25) is 0 Å². The number of aldehydes is 1. The smallest absolute Gasteiger partial charge is 0.340 e. The van der Waals surface area contributed by atoms with Gasteiger partial charge in [-0.15, -0.1) is 0 Å². The Balaban J connectivity index is 2.35. The average Bonchev–Trinajstić information content (AvgIpc) is 3.25. The van der Waals surface area contributed by atoms with Gasteiger partial charge in [-0.3, -0.25) is 14.4 Å². The second-order valence-electron chi connectivity index (χ2n) is 6.34. The molecular weight excluding hydrogens is 364 g/mol. The van der Waals surface area contributed by atoms with Crippen LogP contribution in [-0.4, -0.2) is 48.2 Å². The van der Waals surface area contributed by atoms with Crippen LogP contribution in [0.5, 0.6) is 0 Å². The first-order chi connectivity index (χ1) is 13.4. The van der Waals surface area contributed by atoms with Gasteiger partial charge in [-0.05, 0) is 30.5 Å². The summed E-state index contributed by atoms with van der Waals surface area (Å²) in [4.78, 5) is 53.2. The highest BCUT2D eigenvalue weighted by molar-refractivity contribution is 6.06. The lowest BCUT2D eigenvalue weighted by atomic mass is 10.0. The number of ether oxygens (including phenoxy) is 2. The molecule has 8 nitrogen and oxygen atoms in total. The van der Waals surface area contributed by atoms with Gasteiger partial charge >= 0.3 is 11.9 Å². The number of hydrogen-bond donors (Lipinski definition) is 2. The van der Waals surface area contributed by atoms with E-state index in [1.54, 1.807) is 6.07 Å². The summed E-state index contributed by atoms with van der Waals surface area (Å²) < 4.78 is 9.31. The van der Waals surface area contributed by atoms with Gasteiger partial charge in [0.25, 0.3) is 0 Å². The van der Waals surface area contributed by atoms with Gasteiger partial charge in [0.1, 0.15) is 0 Å². The largest absolute Gasteiger partial charge is 0.469 e. The molecule has 0 amide bonds. The minimum Gasteiger partial charge on any atom is -0.469 e. The highest BCUT2D eigenvalue weighted by Gasteiger charge is 2.23. The SMILES string of the molecule is CCc1c(Cc2cc(C(=O)OC)c(C(=O)CCC(=O)OC)[nH]2)[nH]c(C=O)c1C. The van der Waals surface area contributed by atoms with Crippen LogP contribution >= 0.6 is 0 Å². The number of rotatable bonds is 9. The van der Waals surface area contributed by atoms with Crippen molar-refractivity contribution in [3.63, 3.8) is 0 Å². The van der Waals surface area contributed by atoms with E-state index in [0.717, 1.165) is 29.5 Å². The van der Waals surface area contributed by atoms with E-state index in [-0.39, 0.29) is 29.9 Å². The van der Waals surface area contributed by atoms with E-state index in [9.17, 15) is 19.2 Å². The molecule has 2 rings (SSSR count). The molecule has 0 spiro atoms. The van der Waals surface area contributed by atoms with Crippen LogP contribution in [0.3, 0.4) is 0 Å². The molecule has 150 valence electrons. The zero-order valence-corrected chi connectivity index (χ0v) is 16.4. The molecule has 0 aromatic carbocycles. The van der Waals surface area contributed by atoms with Gasteiger partial charge in [0.2, 0.25) is 0 Å². The lowest BCUT2D eigenvalue weighted by molar-refractivity contribution is -0.140. The van der Waals surface area contributed by atoms with E-state index in [0.29, 0.717) is 17.8 Å². The number of ketones is 1. The standard InChI is InChI=1S/C20H24N2O6/c1-5-13-11(2)16(10-23)22-15(13)9-12-8-14(20(26)28-4)19(21-12)17(24)6-7-18(25)27-3/h8,10,21-22H,5-7,9H2,1-4H3. The number of Topliss-reactive ketones (excluding diaryl/α,β-unsaturated/α-hetero) is 1. The predicted molar refractivity (Wildman–Crippen MR) is 101 cm³/mol. The maximum absolute atomic E-state index is 12.5. The van der Waals surface area contributed by atoms with E-state index in [1.165, 1.54) is 14.2 Å². The van der Waals surface area contributed by atoms with Crippen molar-refractivity contribution in [2.24, 2.45) is 0 Å². The van der Waals surface area contributed by atoms with Crippen LogP contribution < -0.4 is 0 Å². The minimum absolute atomic E-state index is 0.0806. The minimum atomic E-state index is -0.643. The van der Waals surface area contributed by atoms with Crippen molar-refractivity contribution in [1.29, 1.82) is 0 Å². The van der Waals surface area contributed by atoms with Crippen molar-refractivity contribution < 1.29 is 28.7 Å². The van der Waals surface area contributed by atoms with E-state index < -0.39 is 11.9 Å². The molecule has 0 aliphatic carbocycles. The molecule has 2 heterocycles. The van der Waals surface area contributed by atoms with Gasteiger partial charge in [-0.1, -0.05) is 6.92 Å².